The fourth-order valence-electron chi connectivity index (χ4n) is 2.21. The molecule has 1 amide bonds. The van der Waals surface area contributed by atoms with Crippen molar-refractivity contribution in [2.75, 3.05) is 32.2 Å². The Bertz CT molecular complexity index is 703. The van der Waals surface area contributed by atoms with Crippen molar-refractivity contribution in [3.63, 3.8) is 0 Å². The maximum Gasteiger partial charge on any atom is 0.259 e. The molecular weight excluding hydrogens is 398 g/mol. The lowest BCUT2D eigenvalue weighted by Gasteiger charge is -2.12. The summed E-state index contributed by atoms with van der Waals surface area (Å²) in [6.45, 7) is 3.65. The van der Waals surface area contributed by atoms with Crippen molar-refractivity contribution in [2.24, 2.45) is 0 Å². The van der Waals surface area contributed by atoms with Crippen molar-refractivity contribution < 1.29 is 19.0 Å². The van der Waals surface area contributed by atoms with Crippen LogP contribution in [0.1, 0.15) is 30.1 Å². The third-order valence-corrected chi connectivity index (χ3v) is 4.10. The van der Waals surface area contributed by atoms with Crippen LogP contribution in [-0.4, -0.2) is 32.8 Å². The first-order chi connectivity index (χ1) is 12.6. The van der Waals surface area contributed by atoms with Crippen LogP contribution in [0.15, 0.2) is 46.9 Å². The number of hydrogen-bond donors (Lipinski definition) is 1. The summed E-state index contributed by atoms with van der Waals surface area (Å²) < 4.78 is 17.1. The van der Waals surface area contributed by atoms with E-state index in [2.05, 4.69) is 28.2 Å². The van der Waals surface area contributed by atoms with Crippen LogP contribution in [0.3, 0.4) is 0 Å². The van der Waals surface area contributed by atoms with E-state index in [-0.39, 0.29) is 5.91 Å². The number of nitrogens with one attached hydrogen (secondary N) is 1. The van der Waals surface area contributed by atoms with E-state index in [9.17, 15) is 4.79 Å². The topological polar surface area (TPSA) is 56.8 Å². The van der Waals surface area contributed by atoms with Gasteiger partial charge in [0.15, 0.2) is 0 Å². The van der Waals surface area contributed by atoms with Gasteiger partial charge in [-0.25, -0.2) is 0 Å². The molecule has 0 aliphatic carbocycles. The Kier molecular flexibility index (Phi) is 8.44. The number of carbonyl (C=O) groups is 1. The number of anilines is 1. The number of unbranched alkanes of at least 4 members (excludes halogenated alkanes) is 1. The Balaban J connectivity index is 2.03. The molecule has 0 radical (unpaired) electrons. The molecule has 2 rings (SSSR count). The number of benzene rings is 2. The van der Waals surface area contributed by atoms with Crippen LogP contribution in [0.2, 0.25) is 0 Å². The van der Waals surface area contributed by atoms with Crippen LogP contribution in [0.5, 0.6) is 11.5 Å². The van der Waals surface area contributed by atoms with Gasteiger partial charge < -0.3 is 19.5 Å². The first-order valence-electron chi connectivity index (χ1n) is 8.59. The number of amides is 1. The minimum absolute atomic E-state index is 0.238. The molecule has 140 valence electrons. The maximum absolute atomic E-state index is 12.6. The molecule has 0 saturated heterocycles. The zero-order chi connectivity index (χ0) is 18.8. The van der Waals surface area contributed by atoms with Gasteiger partial charge in [0.05, 0.1) is 18.8 Å². The molecule has 0 aromatic heterocycles. The van der Waals surface area contributed by atoms with Crippen molar-refractivity contribution >= 4 is 27.5 Å². The van der Waals surface area contributed by atoms with Gasteiger partial charge in [-0.15, -0.1) is 0 Å². The first-order valence-corrected chi connectivity index (χ1v) is 9.39. The predicted octanol–water partition coefficient (Wildman–Crippen LogP) is 4.91. The molecule has 0 spiro atoms. The lowest BCUT2D eigenvalue weighted by Crippen LogP contribution is -2.15. The highest BCUT2D eigenvalue weighted by Gasteiger charge is 2.14. The van der Waals surface area contributed by atoms with Gasteiger partial charge in [0.1, 0.15) is 18.1 Å². The average Bonchev–Trinajstić information content (AvgIpc) is 2.64. The van der Waals surface area contributed by atoms with Gasteiger partial charge in [-0.1, -0.05) is 29.3 Å². The van der Waals surface area contributed by atoms with E-state index in [0.717, 1.165) is 23.1 Å². The molecule has 6 heteroatoms. The SMILES string of the molecule is CCCCOc1ccc(NC(=O)c2cc(Br)ccc2OCCOC)cc1. The molecule has 5 nitrogen and oxygen atoms in total. The zero-order valence-corrected chi connectivity index (χ0v) is 16.7. The van der Waals surface area contributed by atoms with E-state index in [4.69, 9.17) is 14.2 Å². The lowest BCUT2D eigenvalue weighted by atomic mass is 10.2. The average molecular weight is 422 g/mol. The van der Waals surface area contributed by atoms with Gasteiger partial charge in [-0.2, -0.15) is 0 Å². The molecule has 0 atom stereocenters. The van der Waals surface area contributed by atoms with Gasteiger partial charge in [0, 0.05) is 17.3 Å². The van der Waals surface area contributed by atoms with Gasteiger partial charge >= 0.3 is 0 Å². The van der Waals surface area contributed by atoms with Crippen LogP contribution in [0, 0.1) is 0 Å². The van der Waals surface area contributed by atoms with E-state index >= 15 is 0 Å². The van der Waals surface area contributed by atoms with Crippen LogP contribution < -0.4 is 14.8 Å². The van der Waals surface area contributed by atoms with Crippen molar-refractivity contribution in [2.45, 2.75) is 19.8 Å². The van der Waals surface area contributed by atoms with E-state index < -0.39 is 0 Å². The Morgan fingerprint density at radius 2 is 1.81 bits per heavy atom. The fourth-order valence-corrected chi connectivity index (χ4v) is 2.57. The molecule has 2 aromatic carbocycles. The summed E-state index contributed by atoms with van der Waals surface area (Å²) in [6.07, 6.45) is 2.11. The highest BCUT2D eigenvalue weighted by molar-refractivity contribution is 9.10. The summed E-state index contributed by atoms with van der Waals surface area (Å²) >= 11 is 3.39. The molecule has 2 aromatic rings. The van der Waals surface area contributed by atoms with Crippen LogP contribution in [0.4, 0.5) is 5.69 Å². The summed E-state index contributed by atoms with van der Waals surface area (Å²) in [5.41, 5.74) is 1.15. The minimum Gasteiger partial charge on any atom is -0.494 e. The van der Waals surface area contributed by atoms with Gasteiger partial charge in [-0.3, -0.25) is 4.79 Å². The normalized spacial score (nSPS) is 10.4. The second-order valence-electron chi connectivity index (χ2n) is 5.66. The van der Waals surface area contributed by atoms with Crippen LogP contribution in [0.25, 0.3) is 0 Å². The van der Waals surface area contributed by atoms with E-state index in [1.807, 2.05) is 30.3 Å². The smallest absolute Gasteiger partial charge is 0.259 e. The largest absolute Gasteiger partial charge is 0.494 e. The van der Waals surface area contributed by atoms with E-state index in [1.165, 1.54) is 0 Å². The third kappa shape index (κ3) is 6.35. The molecule has 26 heavy (non-hydrogen) atoms. The summed E-state index contributed by atoms with van der Waals surface area (Å²) in [7, 11) is 1.61. The number of halogens is 1. The second-order valence-corrected chi connectivity index (χ2v) is 6.58. The van der Waals surface area contributed by atoms with Gasteiger partial charge in [0.2, 0.25) is 0 Å². The lowest BCUT2D eigenvalue weighted by molar-refractivity contribution is 0.101. The van der Waals surface area contributed by atoms with E-state index in [0.29, 0.717) is 36.8 Å². The zero-order valence-electron chi connectivity index (χ0n) is 15.1. The van der Waals surface area contributed by atoms with E-state index in [1.54, 1.807) is 19.2 Å². The first kappa shape index (κ1) is 20.3. The number of rotatable bonds is 10. The number of hydrogen-bond acceptors (Lipinski definition) is 4. The Hall–Kier alpha value is -2.05. The predicted molar refractivity (Wildman–Crippen MR) is 106 cm³/mol. The number of carbonyl (C=O) groups excluding carboxylic acids is 1. The molecule has 0 aliphatic heterocycles. The maximum atomic E-state index is 12.6. The monoisotopic (exact) mass is 421 g/mol. The highest BCUT2D eigenvalue weighted by Crippen LogP contribution is 2.25. The van der Waals surface area contributed by atoms with Gasteiger partial charge in [0.25, 0.3) is 5.91 Å². The standard InChI is InChI=1S/C20H24BrNO4/c1-3-4-11-25-17-8-6-16(7-9-17)22-20(23)18-14-15(21)5-10-19(18)26-13-12-24-2/h5-10,14H,3-4,11-13H2,1-2H3,(H,22,23). The molecule has 0 aliphatic rings. The van der Waals surface area contributed by atoms with Crippen molar-refractivity contribution in [1.82, 2.24) is 0 Å². The fraction of sp³-hybridized carbons (Fsp3) is 0.350. The summed E-state index contributed by atoms with van der Waals surface area (Å²) in [5.74, 6) is 1.07. The Morgan fingerprint density at radius 1 is 1.04 bits per heavy atom. The van der Waals surface area contributed by atoms with Crippen molar-refractivity contribution in [3.05, 3.63) is 52.5 Å². The second kappa shape index (κ2) is 10.8. The molecular formula is C20H24BrNO4. The summed E-state index contributed by atoms with van der Waals surface area (Å²) in [6, 6.07) is 12.7. The summed E-state index contributed by atoms with van der Waals surface area (Å²) in [4.78, 5) is 12.6. The quantitative estimate of drug-likeness (QED) is 0.553. The summed E-state index contributed by atoms with van der Waals surface area (Å²) in [5, 5.41) is 2.88. The Morgan fingerprint density at radius 3 is 2.50 bits per heavy atom. The minimum atomic E-state index is -0.238. The highest BCUT2D eigenvalue weighted by atomic mass is 79.9. The van der Waals surface area contributed by atoms with Crippen molar-refractivity contribution in [1.29, 1.82) is 0 Å². The molecule has 0 fully saturated rings. The van der Waals surface area contributed by atoms with Gasteiger partial charge in [-0.05, 0) is 48.9 Å². The molecule has 0 unspecified atom stereocenters. The van der Waals surface area contributed by atoms with Crippen LogP contribution in [-0.2, 0) is 4.74 Å². The molecule has 0 heterocycles. The third-order valence-electron chi connectivity index (χ3n) is 3.61. The van der Waals surface area contributed by atoms with Crippen LogP contribution >= 0.6 is 15.9 Å². The Labute approximate surface area is 162 Å². The molecule has 0 bridgehead atoms. The number of ether oxygens (including phenoxy) is 3. The number of methoxy groups -OCH3 is 1. The molecule has 1 N–H and O–H groups in total. The van der Waals surface area contributed by atoms with Crippen molar-refractivity contribution in [3.8, 4) is 11.5 Å². The molecule has 0 saturated carbocycles.